The number of carboxylic acids is 1. The Morgan fingerprint density at radius 2 is 2.06 bits per heavy atom. The van der Waals surface area contributed by atoms with Crippen LogP contribution in [0, 0.1) is 5.92 Å². The number of likely N-dealkylation sites (tertiary alicyclic amines) is 2. The molecule has 0 amide bonds. The summed E-state index contributed by atoms with van der Waals surface area (Å²) in [6.45, 7) is 5.26. The quantitative estimate of drug-likeness (QED) is 0.789. The van der Waals surface area contributed by atoms with Crippen molar-refractivity contribution in [3.63, 3.8) is 0 Å². The molecule has 2 rings (SSSR count). The minimum absolute atomic E-state index is 0.140. The lowest BCUT2D eigenvalue weighted by atomic mass is 9.92. The van der Waals surface area contributed by atoms with Crippen LogP contribution in [0.1, 0.15) is 32.6 Å². The second kappa shape index (κ2) is 5.36. The van der Waals surface area contributed by atoms with Gasteiger partial charge in [0.2, 0.25) is 0 Å². The molecule has 0 aromatic rings. The SMILES string of the molecule is CC1CC(N2CCCC(C(=O)O)C2)CCN1C. The smallest absolute Gasteiger partial charge is 0.307 e. The second-order valence-electron chi connectivity index (χ2n) is 5.68. The average Bonchev–Trinajstić information content (AvgIpc) is 2.33. The van der Waals surface area contributed by atoms with Gasteiger partial charge < -0.3 is 10.0 Å². The molecule has 3 unspecified atom stereocenters. The van der Waals surface area contributed by atoms with Gasteiger partial charge in [0.1, 0.15) is 0 Å². The summed E-state index contributed by atoms with van der Waals surface area (Å²) in [5, 5.41) is 9.11. The van der Waals surface area contributed by atoms with Crippen molar-refractivity contribution in [2.75, 3.05) is 26.7 Å². The van der Waals surface area contributed by atoms with Crippen molar-refractivity contribution in [3.05, 3.63) is 0 Å². The van der Waals surface area contributed by atoms with Gasteiger partial charge in [0.15, 0.2) is 0 Å². The Bertz CT molecular complexity index is 283. The van der Waals surface area contributed by atoms with Gasteiger partial charge in [-0.3, -0.25) is 9.69 Å². The van der Waals surface area contributed by atoms with E-state index in [2.05, 4.69) is 23.8 Å². The molecule has 17 heavy (non-hydrogen) atoms. The predicted molar refractivity (Wildman–Crippen MR) is 67.0 cm³/mol. The summed E-state index contributed by atoms with van der Waals surface area (Å²) < 4.78 is 0. The Hall–Kier alpha value is -0.610. The van der Waals surface area contributed by atoms with Gasteiger partial charge in [-0.15, -0.1) is 0 Å². The van der Waals surface area contributed by atoms with Gasteiger partial charge >= 0.3 is 5.97 Å². The van der Waals surface area contributed by atoms with Crippen LogP contribution < -0.4 is 0 Å². The molecule has 98 valence electrons. The fourth-order valence-corrected chi connectivity index (χ4v) is 3.14. The number of carboxylic acid groups (broad SMARTS) is 1. The first-order valence-corrected chi connectivity index (χ1v) is 6.75. The third kappa shape index (κ3) is 2.99. The summed E-state index contributed by atoms with van der Waals surface area (Å²) in [4.78, 5) is 15.9. The van der Waals surface area contributed by atoms with E-state index in [0.29, 0.717) is 12.1 Å². The van der Waals surface area contributed by atoms with Crippen LogP contribution in [0.4, 0.5) is 0 Å². The van der Waals surface area contributed by atoms with Crippen molar-refractivity contribution in [1.82, 2.24) is 9.80 Å². The van der Waals surface area contributed by atoms with Gasteiger partial charge in [0.05, 0.1) is 5.92 Å². The zero-order valence-corrected chi connectivity index (χ0v) is 10.9. The molecule has 4 nitrogen and oxygen atoms in total. The Balaban J connectivity index is 1.91. The van der Waals surface area contributed by atoms with E-state index in [1.807, 2.05) is 0 Å². The molecule has 0 radical (unpaired) electrons. The average molecular weight is 240 g/mol. The van der Waals surface area contributed by atoms with Crippen molar-refractivity contribution in [2.24, 2.45) is 5.92 Å². The van der Waals surface area contributed by atoms with Crippen molar-refractivity contribution < 1.29 is 9.90 Å². The monoisotopic (exact) mass is 240 g/mol. The van der Waals surface area contributed by atoms with Gasteiger partial charge in [0.25, 0.3) is 0 Å². The first-order chi connectivity index (χ1) is 8.08. The van der Waals surface area contributed by atoms with Crippen LogP contribution in [0.5, 0.6) is 0 Å². The lowest BCUT2D eigenvalue weighted by Crippen LogP contribution is -2.51. The molecule has 2 aliphatic rings. The lowest BCUT2D eigenvalue weighted by Gasteiger charge is -2.43. The highest BCUT2D eigenvalue weighted by Gasteiger charge is 2.32. The first kappa shape index (κ1) is 12.8. The summed E-state index contributed by atoms with van der Waals surface area (Å²) >= 11 is 0. The molecule has 4 heteroatoms. The highest BCUT2D eigenvalue weighted by molar-refractivity contribution is 5.70. The molecule has 0 spiro atoms. The summed E-state index contributed by atoms with van der Waals surface area (Å²) in [5.41, 5.74) is 0. The zero-order valence-electron chi connectivity index (χ0n) is 10.9. The molecular weight excluding hydrogens is 216 g/mol. The number of aliphatic carboxylic acids is 1. The van der Waals surface area contributed by atoms with Crippen LogP contribution in [0.25, 0.3) is 0 Å². The van der Waals surface area contributed by atoms with E-state index >= 15 is 0 Å². The molecule has 1 N–H and O–H groups in total. The van der Waals surface area contributed by atoms with Crippen molar-refractivity contribution >= 4 is 5.97 Å². The lowest BCUT2D eigenvalue weighted by molar-refractivity contribution is -0.144. The number of hydrogen-bond donors (Lipinski definition) is 1. The molecule has 2 saturated heterocycles. The zero-order chi connectivity index (χ0) is 12.4. The fourth-order valence-electron chi connectivity index (χ4n) is 3.14. The van der Waals surface area contributed by atoms with Crippen molar-refractivity contribution in [3.8, 4) is 0 Å². The molecule has 0 saturated carbocycles. The Morgan fingerprint density at radius 3 is 2.71 bits per heavy atom. The summed E-state index contributed by atoms with van der Waals surface area (Å²) in [5.74, 6) is -0.755. The number of rotatable bonds is 2. The van der Waals surface area contributed by atoms with Crippen LogP contribution in [0.3, 0.4) is 0 Å². The maximum atomic E-state index is 11.1. The minimum atomic E-state index is -0.615. The molecule has 0 aromatic heterocycles. The molecular formula is C13H24N2O2. The highest BCUT2D eigenvalue weighted by Crippen LogP contribution is 2.25. The minimum Gasteiger partial charge on any atom is -0.481 e. The summed E-state index contributed by atoms with van der Waals surface area (Å²) in [7, 11) is 2.18. The van der Waals surface area contributed by atoms with Crippen LogP contribution >= 0.6 is 0 Å². The molecule has 0 bridgehead atoms. The third-order valence-electron chi connectivity index (χ3n) is 4.50. The van der Waals surface area contributed by atoms with Crippen molar-refractivity contribution in [1.29, 1.82) is 0 Å². The van der Waals surface area contributed by atoms with Crippen LogP contribution in [-0.2, 0) is 4.79 Å². The Labute approximate surface area is 104 Å². The standard InChI is InChI=1S/C13H24N2O2/c1-10-8-12(5-7-14(10)2)15-6-3-4-11(9-15)13(16)17/h10-12H,3-9H2,1-2H3,(H,16,17). The summed E-state index contributed by atoms with van der Waals surface area (Å²) in [6.07, 6.45) is 4.27. The van der Waals surface area contributed by atoms with E-state index in [4.69, 9.17) is 5.11 Å². The number of piperidine rings is 2. The molecule has 2 fully saturated rings. The van der Waals surface area contributed by atoms with Crippen LogP contribution in [0.15, 0.2) is 0 Å². The molecule has 2 heterocycles. The van der Waals surface area contributed by atoms with Crippen molar-refractivity contribution in [2.45, 2.75) is 44.7 Å². The predicted octanol–water partition coefficient (Wildman–Crippen LogP) is 1.27. The number of hydrogen-bond acceptors (Lipinski definition) is 3. The van der Waals surface area contributed by atoms with E-state index < -0.39 is 5.97 Å². The molecule has 0 aromatic carbocycles. The largest absolute Gasteiger partial charge is 0.481 e. The topological polar surface area (TPSA) is 43.8 Å². The van der Waals surface area contributed by atoms with E-state index in [0.717, 1.165) is 32.5 Å². The third-order valence-corrected chi connectivity index (χ3v) is 4.50. The van der Waals surface area contributed by atoms with E-state index in [-0.39, 0.29) is 5.92 Å². The Kier molecular flexibility index (Phi) is 4.05. The molecule has 3 atom stereocenters. The maximum absolute atomic E-state index is 11.1. The van der Waals surface area contributed by atoms with E-state index in [9.17, 15) is 4.79 Å². The Morgan fingerprint density at radius 1 is 1.29 bits per heavy atom. The highest BCUT2D eigenvalue weighted by atomic mass is 16.4. The first-order valence-electron chi connectivity index (χ1n) is 6.75. The van der Waals surface area contributed by atoms with Gasteiger partial charge in [-0.2, -0.15) is 0 Å². The maximum Gasteiger partial charge on any atom is 0.307 e. The van der Waals surface area contributed by atoms with Gasteiger partial charge in [-0.25, -0.2) is 0 Å². The van der Waals surface area contributed by atoms with E-state index in [1.54, 1.807) is 0 Å². The fraction of sp³-hybridized carbons (Fsp3) is 0.923. The van der Waals surface area contributed by atoms with Gasteiger partial charge in [-0.05, 0) is 52.7 Å². The number of nitrogens with zero attached hydrogens (tertiary/aromatic N) is 2. The molecule has 2 aliphatic heterocycles. The second-order valence-corrected chi connectivity index (χ2v) is 5.68. The summed E-state index contributed by atoms with van der Waals surface area (Å²) in [6, 6.07) is 1.22. The van der Waals surface area contributed by atoms with Gasteiger partial charge in [0, 0.05) is 18.6 Å². The van der Waals surface area contributed by atoms with Crippen LogP contribution in [-0.4, -0.2) is 59.6 Å². The number of carbonyl (C=O) groups is 1. The van der Waals surface area contributed by atoms with Gasteiger partial charge in [-0.1, -0.05) is 0 Å². The molecule has 0 aliphatic carbocycles. The van der Waals surface area contributed by atoms with E-state index in [1.165, 1.54) is 12.8 Å². The van der Waals surface area contributed by atoms with Crippen LogP contribution in [0.2, 0.25) is 0 Å². The normalized spacial score (nSPS) is 36.9.